The maximum Gasteiger partial charge on any atom is 0.522 e. The minimum atomic E-state index is -6.09. The van der Waals surface area contributed by atoms with E-state index in [0.717, 1.165) is 0 Å². The summed E-state index contributed by atoms with van der Waals surface area (Å²) in [5.74, 6) is 0. The molecular weight excluding hydrogens is 768 g/mol. The Hall–Kier alpha value is -0.854. The molecule has 0 aliphatic heterocycles. The SMILES string of the molecule is C1=CCC[CH+]1.N.N.N.N.N.O=S(=O)(O)C(F)(F)F.O=S(=O)(O)C(F)(F)F.O=S(=O)([O-])C(F)(F)F.[Os]. The molecule has 0 aromatic carbocycles. The van der Waals surface area contributed by atoms with Gasteiger partial charge in [-0.05, 0) is 0 Å². The molecule has 1 aliphatic carbocycles. The Morgan fingerprint density at radius 1 is 0.657 bits per heavy atom. The van der Waals surface area contributed by atoms with Crippen molar-refractivity contribution in [2.45, 2.75) is 29.4 Å². The van der Waals surface area contributed by atoms with Crippen LogP contribution in [0.4, 0.5) is 39.5 Å². The third kappa shape index (κ3) is 33.1. The fourth-order valence-electron chi connectivity index (χ4n) is 0.481. The van der Waals surface area contributed by atoms with Crippen LogP contribution in [0.5, 0.6) is 0 Å². The molecule has 0 saturated carbocycles. The fraction of sp³-hybridized carbons (Fsp3) is 0.625. The second-order valence-corrected chi connectivity index (χ2v) is 8.18. The van der Waals surface area contributed by atoms with Gasteiger partial charge in [0.25, 0.3) is 0 Å². The number of hydrogen-bond donors (Lipinski definition) is 7. The summed E-state index contributed by atoms with van der Waals surface area (Å²) in [6.45, 7) is 0. The largest absolute Gasteiger partial charge is 0.741 e. The Bertz CT molecular complexity index is 739. The molecule has 0 heterocycles. The van der Waals surface area contributed by atoms with Crippen LogP contribution < -0.4 is 30.8 Å². The van der Waals surface area contributed by atoms with E-state index >= 15 is 0 Å². The molecule has 0 aromatic heterocycles. The van der Waals surface area contributed by atoms with Crippen LogP contribution in [-0.2, 0) is 50.1 Å². The predicted molar refractivity (Wildman–Crippen MR) is 98.7 cm³/mol. The predicted octanol–water partition coefficient (Wildman–Crippen LogP) is 3.19. The molecule has 0 aromatic rings. The third-order valence-corrected chi connectivity index (χ3v) is 3.38. The van der Waals surface area contributed by atoms with Gasteiger partial charge in [-0.25, -0.2) is 8.42 Å². The van der Waals surface area contributed by atoms with Crippen molar-refractivity contribution in [2.75, 3.05) is 0 Å². The molecule has 14 nitrogen and oxygen atoms in total. The molecule has 0 spiro atoms. The molecule has 1 aliphatic rings. The molecule has 0 unspecified atom stereocenters. The van der Waals surface area contributed by atoms with E-state index in [9.17, 15) is 39.5 Å². The first-order valence-electron chi connectivity index (χ1n) is 5.83. The summed E-state index contributed by atoms with van der Waals surface area (Å²) in [6.07, 6.45) is 9.00. The van der Waals surface area contributed by atoms with Gasteiger partial charge in [0.2, 0.25) is 0 Å². The fourth-order valence-corrected chi connectivity index (χ4v) is 0.481. The molecule has 0 saturated heterocycles. The van der Waals surface area contributed by atoms with Gasteiger partial charge in [-0.1, -0.05) is 0 Å². The van der Waals surface area contributed by atoms with Gasteiger partial charge in [-0.2, -0.15) is 56.3 Å². The maximum atomic E-state index is 10.7. The van der Waals surface area contributed by atoms with Crippen molar-refractivity contribution in [1.29, 1.82) is 0 Å². The summed E-state index contributed by atoms with van der Waals surface area (Å²) in [7, 11) is -17.8. The van der Waals surface area contributed by atoms with Gasteiger partial charge >= 0.3 is 36.8 Å². The summed E-state index contributed by atoms with van der Waals surface area (Å²) < 4.78 is 174. The average Bonchev–Trinajstić information content (AvgIpc) is 2.90. The van der Waals surface area contributed by atoms with E-state index in [-0.39, 0.29) is 50.5 Å². The number of rotatable bonds is 0. The third-order valence-electron chi connectivity index (χ3n) is 1.64. The summed E-state index contributed by atoms with van der Waals surface area (Å²) >= 11 is 0. The van der Waals surface area contributed by atoms with E-state index in [2.05, 4.69) is 18.6 Å². The smallest absolute Gasteiger partial charge is 0.522 e. The Kier molecular flexibility index (Phi) is 36.0. The van der Waals surface area contributed by atoms with Crippen molar-refractivity contribution in [3.63, 3.8) is 0 Å². The second kappa shape index (κ2) is 21.3. The van der Waals surface area contributed by atoms with Crippen LogP contribution in [0.25, 0.3) is 0 Å². The second-order valence-electron chi connectivity index (χ2n) is 3.98. The van der Waals surface area contributed by atoms with Crippen LogP contribution in [0.1, 0.15) is 12.8 Å². The molecule has 17 N–H and O–H groups in total. The first-order chi connectivity index (χ1) is 12.2. The quantitative estimate of drug-likeness (QED) is 0.0802. The first-order valence-corrected chi connectivity index (χ1v) is 10.1. The summed E-state index contributed by atoms with van der Waals surface area (Å²) in [6, 6.07) is 0. The van der Waals surface area contributed by atoms with E-state index in [1.807, 2.05) is 0 Å². The normalized spacial score (nSPS) is 12.3. The van der Waals surface area contributed by atoms with Crippen LogP contribution >= 0.6 is 0 Å². The van der Waals surface area contributed by atoms with Crippen molar-refractivity contribution in [1.82, 2.24) is 30.8 Å². The average molecular weight is 792 g/mol. The zero-order valence-corrected chi connectivity index (χ0v) is 21.9. The summed E-state index contributed by atoms with van der Waals surface area (Å²) in [4.78, 5) is 0. The van der Waals surface area contributed by atoms with Gasteiger partial charge < -0.3 is 35.3 Å². The summed E-state index contributed by atoms with van der Waals surface area (Å²) in [5.41, 5.74) is -16.7. The van der Waals surface area contributed by atoms with Crippen LogP contribution in [0, 0.1) is 6.42 Å². The van der Waals surface area contributed by atoms with Crippen molar-refractivity contribution in [3.05, 3.63) is 18.6 Å². The molecule has 0 bridgehead atoms. The van der Waals surface area contributed by atoms with E-state index in [0.29, 0.717) is 0 Å². The van der Waals surface area contributed by atoms with E-state index in [1.165, 1.54) is 12.8 Å². The molecule has 0 fully saturated rings. The van der Waals surface area contributed by atoms with Crippen molar-refractivity contribution >= 4 is 30.4 Å². The van der Waals surface area contributed by atoms with Crippen molar-refractivity contribution in [2.24, 2.45) is 0 Å². The van der Waals surface area contributed by atoms with Gasteiger partial charge in [0.15, 0.2) is 10.1 Å². The van der Waals surface area contributed by atoms with Gasteiger partial charge in [-0.15, -0.1) is 0 Å². The minimum absolute atomic E-state index is 0. The van der Waals surface area contributed by atoms with Gasteiger partial charge in [-0.3, -0.25) is 9.11 Å². The first kappa shape index (κ1) is 59.3. The van der Waals surface area contributed by atoms with E-state index in [1.54, 1.807) is 0 Å². The Morgan fingerprint density at radius 2 is 0.857 bits per heavy atom. The molecule has 0 radical (unpaired) electrons. The molecular formula is C8H24F9N5O9OsS3. The zero-order valence-electron chi connectivity index (χ0n) is 16.9. The van der Waals surface area contributed by atoms with Crippen LogP contribution in [0.2, 0.25) is 0 Å². The van der Waals surface area contributed by atoms with Crippen molar-refractivity contribution < 1.29 is 98.2 Å². The molecule has 1 rings (SSSR count). The van der Waals surface area contributed by atoms with Crippen molar-refractivity contribution in [3.8, 4) is 0 Å². The Balaban J connectivity index is -0.0000000351. The summed E-state index contributed by atoms with van der Waals surface area (Å²) in [5, 5.41) is 0. The van der Waals surface area contributed by atoms with Crippen LogP contribution in [-0.4, -0.2) is 55.4 Å². The maximum absolute atomic E-state index is 10.7. The van der Waals surface area contributed by atoms with Gasteiger partial charge in [0, 0.05) is 32.3 Å². The van der Waals surface area contributed by atoms with Gasteiger partial charge in [0.1, 0.15) is 0 Å². The topological polar surface area (TPSA) is 341 Å². The molecule has 35 heavy (non-hydrogen) atoms. The number of alkyl halides is 9. The standard InChI is InChI=1S/C5H7.3CHF3O3S.5H3N.Os/c1-2-4-5-3-1;3*2-1(3,4)8(5,6)7;;;;;;/h1-3H,4-5H2;3*(H,5,6,7);5*1H3;/q+1;;;;;;;;;/p-1. The molecule has 27 heteroatoms. The molecule has 224 valence electrons. The molecule has 0 amide bonds. The molecule has 0 atom stereocenters. The number of halogens is 9. The monoisotopic (exact) mass is 793 g/mol. The van der Waals surface area contributed by atoms with E-state index in [4.69, 9.17) is 38.9 Å². The minimum Gasteiger partial charge on any atom is -0.741 e. The Morgan fingerprint density at radius 3 is 0.886 bits per heavy atom. The van der Waals surface area contributed by atoms with Crippen LogP contribution in [0.3, 0.4) is 0 Å². The van der Waals surface area contributed by atoms with E-state index < -0.39 is 46.9 Å². The zero-order chi connectivity index (χ0) is 24.5. The number of hydrogen-bond acceptors (Lipinski definition) is 12. The van der Waals surface area contributed by atoms with Gasteiger partial charge in [0.05, 0.1) is 18.9 Å². The number of allylic oxidation sites excluding steroid dienone is 2. The van der Waals surface area contributed by atoms with Crippen LogP contribution in [0.15, 0.2) is 12.2 Å². The Labute approximate surface area is 207 Å².